The summed E-state index contributed by atoms with van der Waals surface area (Å²) in [6.07, 6.45) is 0. The van der Waals surface area contributed by atoms with E-state index in [1.54, 1.807) is 0 Å². The van der Waals surface area contributed by atoms with Crippen molar-refractivity contribution in [2.24, 2.45) is 0 Å². The van der Waals surface area contributed by atoms with Gasteiger partial charge in [0.2, 0.25) is 0 Å². The van der Waals surface area contributed by atoms with Crippen LogP contribution in [0.25, 0.3) is 120 Å². The molecule has 0 spiro atoms. The molecule has 0 heteroatoms. The van der Waals surface area contributed by atoms with E-state index in [1.807, 2.05) is 0 Å². The van der Waals surface area contributed by atoms with Crippen LogP contribution in [0.15, 0.2) is 206 Å². The van der Waals surface area contributed by atoms with E-state index in [9.17, 15) is 0 Å². The number of benzene rings is 12. The topological polar surface area (TPSA) is 0 Å². The minimum absolute atomic E-state index is 1.23. The summed E-state index contributed by atoms with van der Waals surface area (Å²) in [5.74, 6) is 0. The summed E-state index contributed by atoms with van der Waals surface area (Å²) in [7, 11) is 0. The van der Waals surface area contributed by atoms with Crippen molar-refractivity contribution >= 4 is 75.4 Å². The Labute approximate surface area is 324 Å². The highest BCUT2D eigenvalue weighted by molar-refractivity contribution is 6.29. The van der Waals surface area contributed by atoms with Crippen LogP contribution in [0, 0.1) is 0 Å². The normalized spacial score (nSPS) is 11.9. The second-order valence-electron chi connectivity index (χ2n) is 15.2. The first kappa shape index (κ1) is 31.1. The van der Waals surface area contributed by atoms with Gasteiger partial charge in [-0.15, -0.1) is 0 Å². The number of rotatable bonds is 4. The third-order valence-corrected chi connectivity index (χ3v) is 12.2. The van der Waals surface area contributed by atoms with E-state index in [0.717, 1.165) is 0 Å². The lowest BCUT2D eigenvalue weighted by molar-refractivity contribution is 1.64. The van der Waals surface area contributed by atoms with Gasteiger partial charge in [0, 0.05) is 0 Å². The van der Waals surface area contributed by atoms with E-state index in [1.165, 1.54) is 120 Å². The molecule has 0 saturated heterocycles. The monoisotopic (exact) mass is 706 g/mol. The van der Waals surface area contributed by atoms with Crippen molar-refractivity contribution in [3.63, 3.8) is 0 Å². The zero-order chi connectivity index (χ0) is 36.7. The summed E-state index contributed by atoms with van der Waals surface area (Å²) in [6.45, 7) is 0. The highest BCUT2D eigenvalue weighted by atomic mass is 14.2. The summed E-state index contributed by atoms with van der Waals surface area (Å²) in [6, 6.07) is 76.8. The predicted molar refractivity (Wildman–Crippen MR) is 242 cm³/mol. The molecule has 12 aromatic carbocycles. The zero-order valence-electron chi connectivity index (χ0n) is 30.6. The van der Waals surface area contributed by atoms with Crippen LogP contribution in [-0.2, 0) is 0 Å². The molecule has 258 valence electrons. The lowest BCUT2D eigenvalue weighted by atomic mass is 9.82. The van der Waals surface area contributed by atoms with Crippen LogP contribution in [0.5, 0.6) is 0 Å². The minimum Gasteiger partial charge on any atom is -0.0616 e. The number of hydrogen-bond donors (Lipinski definition) is 0. The van der Waals surface area contributed by atoms with E-state index < -0.39 is 0 Å². The van der Waals surface area contributed by atoms with Crippen molar-refractivity contribution in [2.75, 3.05) is 0 Å². The van der Waals surface area contributed by atoms with Crippen LogP contribution in [0.1, 0.15) is 0 Å². The molecule has 12 rings (SSSR count). The van der Waals surface area contributed by atoms with Crippen molar-refractivity contribution in [1.29, 1.82) is 0 Å². The van der Waals surface area contributed by atoms with Crippen LogP contribution in [0.3, 0.4) is 0 Å². The average molecular weight is 707 g/mol. The molecule has 0 atom stereocenters. The number of fused-ring (bicyclic) bond motifs is 4. The van der Waals surface area contributed by atoms with Crippen molar-refractivity contribution in [1.82, 2.24) is 0 Å². The molecule has 0 aliphatic rings. The van der Waals surface area contributed by atoms with Crippen molar-refractivity contribution < 1.29 is 0 Å². The van der Waals surface area contributed by atoms with Gasteiger partial charge in [-0.05, 0) is 132 Å². The molecule has 0 fully saturated rings. The molecule has 0 unspecified atom stereocenters. The minimum atomic E-state index is 1.23. The third kappa shape index (κ3) is 4.66. The molecule has 12 aromatic rings. The second-order valence-corrected chi connectivity index (χ2v) is 15.2. The van der Waals surface area contributed by atoms with Crippen molar-refractivity contribution in [3.05, 3.63) is 206 Å². The lowest BCUT2D eigenvalue weighted by Gasteiger charge is -2.21. The molecule has 0 aliphatic heterocycles. The predicted octanol–water partition coefficient (Wildman–Crippen LogP) is 15.9. The first-order valence-corrected chi connectivity index (χ1v) is 19.5. The van der Waals surface area contributed by atoms with Gasteiger partial charge < -0.3 is 0 Å². The summed E-state index contributed by atoms with van der Waals surface area (Å²) in [5, 5.41) is 17.8. The summed E-state index contributed by atoms with van der Waals surface area (Å²) < 4.78 is 0. The fourth-order valence-corrected chi connectivity index (χ4v) is 9.56. The molecule has 0 aromatic heterocycles. The van der Waals surface area contributed by atoms with Crippen LogP contribution in [0.2, 0.25) is 0 Å². The second kappa shape index (κ2) is 12.1. The molecule has 0 bridgehead atoms. The van der Waals surface area contributed by atoms with Gasteiger partial charge >= 0.3 is 0 Å². The Kier molecular flexibility index (Phi) is 6.73. The van der Waals surface area contributed by atoms with Gasteiger partial charge in [0.15, 0.2) is 0 Å². The molecule has 0 saturated carbocycles. The van der Waals surface area contributed by atoms with Gasteiger partial charge in [-0.25, -0.2) is 0 Å². The maximum atomic E-state index is 2.36. The molecule has 0 nitrogen and oxygen atoms in total. The SMILES string of the molecule is c1ccc2cc(-c3ccc4ccccc4c3-c3ccc4ccc5c(-c6c(-c7ccc8ccccc8c7)ccc7ccccc67)ccc6ccc3c4c65)ccc2c1. The Bertz CT molecular complexity index is 3290. The first-order chi connectivity index (χ1) is 27.8. The largest absolute Gasteiger partial charge is 0.0616 e. The van der Waals surface area contributed by atoms with Gasteiger partial charge in [-0.3, -0.25) is 0 Å². The molecule has 0 N–H and O–H groups in total. The van der Waals surface area contributed by atoms with Crippen molar-refractivity contribution in [2.45, 2.75) is 0 Å². The lowest BCUT2D eigenvalue weighted by Crippen LogP contribution is -1.93. The highest BCUT2D eigenvalue weighted by Gasteiger charge is 2.21. The zero-order valence-corrected chi connectivity index (χ0v) is 30.6. The van der Waals surface area contributed by atoms with Gasteiger partial charge in [0.05, 0.1) is 0 Å². The fraction of sp³-hybridized carbons (Fsp3) is 0. The van der Waals surface area contributed by atoms with E-state index in [-0.39, 0.29) is 0 Å². The Balaban J connectivity index is 1.15. The molecule has 0 radical (unpaired) electrons. The quantitative estimate of drug-likeness (QED) is 0.160. The summed E-state index contributed by atoms with van der Waals surface area (Å²) in [5.41, 5.74) is 10.1. The van der Waals surface area contributed by atoms with Gasteiger partial charge in [-0.2, -0.15) is 0 Å². The molecular formula is C56H34. The first-order valence-electron chi connectivity index (χ1n) is 19.5. The summed E-state index contributed by atoms with van der Waals surface area (Å²) in [4.78, 5) is 0. The summed E-state index contributed by atoms with van der Waals surface area (Å²) >= 11 is 0. The third-order valence-electron chi connectivity index (χ3n) is 12.2. The van der Waals surface area contributed by atoms with Crippen molar-refractivity contribution in [3.8, 4) is 44.5 Å². The standard InChI is InChI=1S/C56H34/c1-3-13-41-33-43(19-17-35(41)9-1)47-27-21-37-11-5-7-15-45(37)55(47)51-31-25-39-24-30-50-52(32-26-40-23-29-49(51)53(39)54(40)50)56-46-16-8-6-12-38(46)22-28-48(56)44-20-18-36-10-2-4-14-42(36)34-44/h1-34H. The van der Waals surface area contributed by atoms with E-state index in [2.05, 4.69) is 206 Å². The average Bonchev–Trinajstić information content (AvgIpc) is 3.27. The van der Waals surface area contributed by atoms with E-state index >= 15 is 0 Å². The van der Waals surface area contributed by atoms with E-state index in [4.69, 9.17) is 0 Å². The fourth-order valence-electron chi connectivity index (χ4n) is 9.56. The Morgan fingerprint density at radius 2 is 0.536 bits per heavy atom. The van der Waals surface area contributed by atoms with Crippen LogP contribution >= 0.6 is 0 Å². The molecule has 0 heterocycles. The molecular weight excluding hydrogens is 673 g/mol. The van der Waals surface area contributed by atoms with Crippen LogP contribution in [-0.4, -0.2) is 0 Å². The molecule has 0 aliphatic carbocycles. The number of hydrogen-bond acceptors (Lipinski definition) is 0. The van der Waals surface area contributed by atoms with Crippen LogP contribution < -0.4 is 0 Å². The Morgan fingerprint density at radius 1 is 0.196 bits per heavy atom. The Hall–Kier alpha value is -7.28. The Morgan fingerprint density at radius 3 is 1.00 bits per heavy atom. The van der Waals surface area contributed by atoms with E-state index in [0.29, 0.717) is 0 Å². The molecule has 56 heavy (non-hydrogen) atoms. The highest BCUT2D eigenvalue weighted by Crippen LogP contribution is 2.48. The van der Waals surface area contributed by atoms with Gasteiger partial charge in [0.25, 0.3) is 0 Å². The molecule has 0 amide bonds. The maximum absolute atomic E-state index is 2.36. The smallest absolute Gasteiger partial charge is 0.00203 e. The van der Waals surface area contributed by atoms with Gasteiger partial charge in [-0.1, -0.05) is 194 Å². The maximum Gasteiger partial charge on any atom is -0.00203 e. The van der Waals surface area contributed by atoms with Crippen LogP contribution in [0.4, 0.5) is 0 Å². The van der Waals surface area contributed by atoms with Gasteiger partial charge in [0.1, 0.15) is 0 Å².